The number of fused-ring (bicyclic) bond motifs is 1. The van der Waals surface area contributed by atoms with Crippen molar-refractivity contribution in [3.05, 3.63) is 60.4 Å². The molecule has 0 aliphatic rings. The minimum absolute atomic E-state index is 0.0908. The van der Waals surface area contributed by atoms with Gasteiger partial charge in [0, 0.05) is 29.7 Å². The molecule has 1 aromatic carbocycles. The largest absolute Gasteiger partial charge is 0.322 e. The Morgan fingerprint density at radius 2 is 1.87 bits per heavy atom. The van der Waals surface area contributed by atoms with E-state index in [0.29, 0.717) is 11.3 Å². The Morgan fingerprint density at radius 1 is 1.09 bits per heavy atom. The van der Waals surface area contributed by atoms with Gasteiger partial charge in [-0.25, -0.2) is 13.4 Å². The maximum absolute atomic E-state index is 12.3. The summed E-state index contributed by atoms with van der Waals surface area (Å²) in [4.78, 5) is 20.3. The van der Waals surface area contributed by atoms with Crippen LogP contribution < -0.4 is 5.32 Å². The van der Waals surface area contributed by atoms with Crippen molar-refractivity contribution in [1.29, 1.82) is 0 Å². The van der Waals surface area contributed by atoms with Gasteiger partial charge in [0.15, 0.2) is 14.9 Å². The summed E-state index contributed by atoms with van der Waals surface area (Å²) in [6.07, 6.45) is 3.88. The van der Waals surface area contributed by atoms with Crippen LogP contribution in [0, 0.1) is 0 Å². The Bertz CT molecular complexity index is 1000. The Kier molecular flexibility index (Phi) is 3.79. The zero-order valence-corrected chi connectivity index (χ0v) is 13.0. The van der Waals surface area contributed by atoms with Gasteiger partial charge in [-0.3, -0.25) is 9.78 Å². The molecule has 0 radical (unpaired) electrons. The molecular weight excluding hydrogens is 314 g/mol. The number of pyridine rings is 2. The summed E-state index contributed by atoms with van der Waals surface area (Å²) in [5.41, 5.74) is 1.55. The van der Waals surface area contributed by atoms with E-state index >= 15 is 0 Å². The third-order valence-electron chi connectivity index (χ3n) is 3.23. The first-order valence-corrected chi connectivity index (χ1v) is 8.65. The summed E-state index contributed by atoms with van der Waals surface area (Å²) >= 11 is 0. The lowest BCUT2D eigenvalue weighted by Gasteiger charge is -2.07. The van der Waals surface area contributed by atoms with Gasteiger partial charge >= 0.3 is 0 Å². The lowest BCUT2D eigenvalue weighted by Crippen LogP contribution is -2.13. The van der Waals surface area contributed by atoms with Crippen molar-refractivity contribution in [2.75, 3.05) is 11.6 Å². The third-order valence-corrected chi connectivity index (χ3v) is 4.21. The van der Waals surface area contributed by atoms with Gasteiger partial charge in [-0.2, -0.15) is 0 Å². The van der Waals surface area contributed by atoms with Crippen LogP contribution in [-0.4, -0.2) is 30.5 Å². The molecule has 3 aromatic rings. The van der Waals surface area contributed by atoms with Crippen molar-refractivity contribution in [2.24, 2.45) is 0 Å². The van der Waals surface area contributed by atoms with Gasteiger partial charge in [0.2, 0.25) is 0 Å². The van der Waals surface area contributed by atoms with Gasteiger partial charge < -0.3 is 5.32 Å². The number of amides is 1. The number of hydrogen-bond donors (Lipinski definition) is 1. The molecule has 2 aromatic heterocycles. The van der Waals surface area contributed by atoms with E-state index in [1.54, 1.807) is 6.07 Å². The van der Waals surface area contributed by atoms with Crippen LogP contribution in [-0.2, 0) is 9.84 Å². The molecule has 0 bridgehead atoms. The second-order valence-electron chi connectivity index (χ2n) is 5.03. The minimum atomic E-state index is -3.43. The zero-order chi connectivity index (χ0) is 16.4. The molecule has 3 rings (SSSR count). The number of aromatic nitrogens is 2. The number of sulfone groups is 1. The SMILES string of the molecule is CS(=O)(=O)c1cc(NC(=O)c2cnc3ccccc3c2)ccn1. The van der Waals surface area contributed by atoms with Gasteiger partial charge in [-0.05, 0) is 24.3 Å². The molecule has 2 heterocycles. The first-order chi connectivity index (χ1) is 10.9. The third kappa shape index (κ3) is 3.35. The molecule has 23 heavy (non-hydrogen) atoms. The van der Waals surface area contributed by atoms with Gasteiger partial charge in [-0.1, -0.05) is 18.2 Å². The summed E-state index contributed by atoms with van der Waals surface area (Å²) in [7, 11) is -3.43. The minimum Gasteiger partial charge on any atom is -0.322 e. The number of para-hydroxylation sites is 1. The maximum Gasteiger partial charge on any atom is 0.257 e. The van der Waals surface area contributed by atoms with Crippen LogP contribution in [0.5, 0.6) is 0 Å². The maximum atomic E-state index is 12.3. The molecule has 0 saturated carbocycles. The highest BCUT2D eigenvalue weighted by Gasteiger charge is 2.12. The van der Waals surface area contributed by atoms with Gasteiger partial charge in [0.25, 0.3) is 5.91 Å². The van der Waals surface area contributed by atoms with E-state index in [0.717, 1.165) is 17.2 Å². The molecule has 0 atom stereocenters. The molecular formula is C16H13N3O3S. The van der Waals surface area contributed by atoms with Gasteiger partial charge in [0.05, 0.1) is 11.1 Å². The van der Waals surface area contributed by atoms with Crippen molar-refractivity contribution in [2.45, 2.75) is 5.03 Å². The second kappa shape index (κ2) is 5.77. The smallest absolute Gasteiger partial charge is 0.257 e. The first kappa shape index (κ1) is 15.1. The lowest BCUT2D eigenvalue weighted by atomic mass is 10.1. The fraction of sp³-hybridized carbons (Fsp3) is 0.0625. The fourth-order valence-corrected chi connectivity index (χ4v) is 2.68. The van der Waals surface area contributed by atoms with E-state index in [2.05, 4.69) is 15.3 Å². The predicted molar refractivity (Wildman–Crippen MR) is 87.0 cm³/mol. The van der Waals surface area contributed by atoms with Crippen molar-refractivity contribution in [3.63, 3.8) is 0 Å². The summed E-state index contributed by atoms with van der Waals surface area (Å²) in [6, 6.07) is 12.1. The number of benzene rings is 1. The summed E-state index contributed by atoms with van der Waals surface area (Å²) in [5, 5.41) is 3.41. The molecule has 0 fully saturated rings. The summed E-state index contributed by atoms with van der Waals surface area (Å²) in [5.74, 6) is -0.367. The van der Waals surface area contributed by atoms with Crippen LogP contribution in [0.15, 0.2) is 59.9 Å². The Balaban J connectivity index is 1.88. The number of carbonyl (C=O) groups excluding carboxylic acids is 1. The number of carbonyl (C=O) groups is 1. The van der Waals surface area contributed by atoms with Crippen LogP contribution in [0.25, 0.3) is 10.9 Å². The highest BCUT2D eigenvalue weighted by atomic mass is 32.2. The zero-order valence-electron chi connectivity index (χ0n) is 12.2. The molecule has 0 unspecified atom stereocenters. The number of anilines is 1. The average molecular weight is 327 g/mol. The summed E-state index contributed by atoms with van der Waals surface area (Å²) < 4.78 is 23.0. The molecule has 0 spiro atoms. The van der Waals surface area contributed by atoms with E-state index in [1.807, 2.05) is 24.3 Å². The Hall–Kier alpha value is -2.80. The van der Waals surface area contributed by atoms with Crippen LogP contribution in [0.1, 0.15) is 10.4 Å². The summed E-state index contributed by atoms with van der Waals surface area (Å²) in [6.45, 7) is 0. The Morgan fingerprint density at radius 3 is 2.65 bits per heavy atom. The molecule has 0 aliphatic carbocycles. The monoisotopic (exact) mass is 327 g/mol. The van der Waals surface area contributed by atoms with Crippen LogP contribution in [0.3, 0.4) is 0 Å². The molecule has 1 N–H and O–H groups in total. The van der Waals surface area contributed by atoms with E-state index < -0.39 is 9.84 Å². The highest BCUT2D eigenvalue weighted by molar-refractivity contribution is 7.90. The van der Waals surface area contributed by atoms with Crippen molar-refractivity contribution in [3.8, 4) is 0 Å². The normalized spacial score (nSPS) is 11.3. The van der Waals surface area contributed by atoms with Gasteiger partial charge in [-0.15, -0.1) is 0 Å². The number of hydrogen-bond acceptors (Lipinski definition) is 5. The predicted octanol–water partition coefficient (Wildman–Crippen LogP) is 2.29. The number of nitrogens with one attached hydrogen (secondary N) is 1. The van der Waals surface area contributed by atoms with E-state index in [4.69, 9.17) is 0 Å². The topological polar surface area (TPSA) is 89.0 Å². The second-order valence-corrected chi connectivity index (χ2v) is 6.99. The van der Waals surface area contributed by atoms with E-state index in [1.165, 1.54) is 24.5 Å². The van der Waals surface area contributed by atoms with Crippen LogP contribution >= 0.6 is 0 Å². The standard InChI is InChI=1S/C16H13N3O3S/c1-23(21,22)15-9-13(6-7-17-15)19-16(20)12-8-11-4-2-3-5-14(11)18-10-12/h2-10H,1H3,(H,17,19,20). The highest BCUT2D eigenvalue weighted by Crippen LogP contribution is 2.16. The van der Waals surface area contributed by atoms with Crippen LogP contribution in [0.4, 0.5) is 5.69 Å². The number of nitrogens with zero attached hydrogens (tertiary/aromatic N) is 2. The van der Waals surface area contributed by atoms with Crippen molar-refractivity contribution in [1.82, 2.24) is 9.97 Å². The first-order valence-electron chi connectivity index (χ1n) is 6.76. The van der Waals surface area contributed by atoms with E-state index in [-0.39, 0.29) is 10.9 Å². The quantitative estimate of drug-likeness (QED) is 0.797. The lowest BCUT2D eigenvalue weighted by molar-refractivity contribution is 0.102. The van der Waals surface area contributed by atoms with Crippen molar-refractivity contribution >= 4 is 32.3 Å². The number of rotatable bonds is 3. The fourth-order valence-electron chi connectivity index (χ4n) is 2.09. The molecule has 116 valence electrons. The molecule has 7 heteroatoms. The van der Waals surface area contributed by atoms with Crippen LogP contribution in [0.2, 0.25) is 0 Å². The molecule has 6 nitrogen and oxygen atoms in total. The molecule has 1 amide bonds. The molecule has 0 aliphatic heterocycles. The van der Waals surface area contributed by atoms with Gasteiger partial charge in [0.1, 0.15) is 0 Å². The molecule has 0 saturated heterocycles. The van der Waals surface area contributed by atoms with E-state index in [9.17, 15) is 13.2 Å². The average Bonchev–Trinajstić information content (AvgIpc) is 2.54. The Labute approximate surface area is 133 Å². The van der Waals surface area contributed by atoms with Crippen molar-refractivity contribution < 1.29 is 13.2 Å².